The van der Waals surface area contributed by atoms with Crippen molar-refractivity contribution in [1.82, 2.24) is 4.90 Å². The molecule has 1 rings (SSSR count). The van der Waals surface area contributed by atoms with E-state index in [1.807, 2.05) is 13.8 Å². The highest BCUT2D eigenvalue weighted by Gasteiger charge is 2.41. The number of amides is 2. The van der Waals surface area contributed by atoms with Crippen molar-refractivity contribution in [3.63, 3.8) is 0 Å². The molecule has 0 aromatic carbocycles. The van der Waals surface area contributed by atoms with E-state index in [0.29, 0.717) is 6.54 Å². The maximum atomic E-state index is 11.9. The summed E-state index contributed by atoms with van der Waals surface area (Å²) in [7, 11) is 0. The Morgan fingerprint density at radius 1 is 0.842 bits per heavy atom. The minimum absolute atomic E-state index is 0.0230. The van der Waals surface area contributed by atoms with Crippen molar-refractivity contribution in [2.75, 3.05) is 11.9 Å². The number of imide groups is 1. The molecule has 1 aliphatic heterocycles. The van der Waals surface area contributed by atoms with Crippen LogP contribution in [-0.2, 0) is 9.59 Å². The van der Waals surface area contributed by atoms with Gasteiger partial charge in [0.1, 0.15) is 0 Å². The molecule has 0 N–H and O–H groups in total. The van der Waals surface area contributed by atoms with Crippen molar-refractivity contribution >= 4 is 27.7 Å². The van der Waals surface area contributed by atoms with Crippen LogP contribution in [0.25, 0.3) is 0 Å². The molecule has 2 unspecified atom stereocenters. The summed E-state index contributed by atoms with van der Waals surface area (Å²) in [6, 6.07) is 0. The molecule has 0 bridgehead atoms. The second kappa shape index (κ2) is 8.72. The van der Waals surface area contributed by atoms with E-state index in [0.717, 1.165) is 18.2 Å². The van der Waals surface area contributed by atoms with E-state index in [2.05, 4.69) is 15.9 Å². The zero-order chi connectivity index (χ0) is 14.3. The number of rotatable bonds is 9. The van der Waals surface area contributed by atoms with Gasteiger partial charge in [-0.2, -0.15) is 0 Å². The largest absolute Gasteiger partial charge is 0.282 e. The van der Waals surface area contributed by atoms with Crippen molar-refractivity contribution < 1.29 is 9.59 Å². The first-order valence-electron chi connectivity index (χ1n) is 7.50. The zero-order valence-electron chi connectivity index (χ0n) is 12.2. The highest BCUT2D eigenvalue weighted by atomic mass is 79.9. The van der Waals surface area contributed by atoms with E-state index >= 15 is 0 Å². The van der Waals surface area contributed by atoms with Gasteiger partial charge < -0.3 is 0 Å². The second-order valence-corrected chi connectivity index (χ2v) is 6.36. The van der Waals surface area contributed by atoms with E-state index in [4.69, 9.17) is 0 Å². The highest BCUT2D eigenvalue weighted by Crippen LogP contribution is 2.25. The molecule has 19 heavy (non-hydrogen) atoms. The van der Waals surface area contributed by atoms with Crippen LogP contribution in [0.15, 0.2) is 0 Å². The number of nitrogens with zero attached hydrogens (tertiary/aromatic N) is 1. The average Bonchev–Trinajstić information content (AvgIpc) is 2.59. The van der Waals surface area contributed by atoms with Crippen LogP contribution in [0.2, 0.25) is 0 Å². The lowest BCUT2D eigenvalue weighted by atomic mass is 10.00. The molecule has 1 heterocycles. The Morgan fingerprint density at radius 2 is 1.26 bits per heavy atom. The Kier molecular flexibility index (Phi) is 7.66. The van der Waals surface area contributed by atoms with Crippen LogP contribution in [0.1, 0.15) is 58.8 Å². The molecule has 0 aromatic rings. The molecular weight excluding hydrogens is 306 g/mol. The minimum atomic E-state index is -0.128. The average molecular weight is 332 g/mol. The van der Waals surface area contributed by atoms with Gasteiger partial charge in [0.2, 0.25) is 11.8 Å². The third-order valence-electron chi connectivity index (χ3n) is 4.08. The smallest absolute Gasteiger partial charge is 0.232 e. The van der Waals surface area contributed by atoms with E-state index in [1.165, 1.54) is 37.0 Å². The molecule has 3 nitrogen and oxygen atoms in total. The van der Waals surface area contributed by atoms with Crippen LogP contribution >= 0.6 is 15.9 Å². The van der Waals surface area contributed by atoms with Gasteiger partial charge in [0.15, 0.2) is 0 Å². The number of hydrogen-bond acceptors (Lipinski definition) is 2. The monoisotopic (exact) mass is 331 g/mol. The van der Waals surface area contributed by atoms with Crippen LogP contribution in [0.3, 0.4) is 0 Å². The fraction of sp³-hybridized carbons (Fsp3) is 0.867. The van der Waals surface area contributed by atoms with Crippen molar-refractivity contribution in [2.24, 2.45) is 11.8 Å². The number of likely N-dealkylation sites (tertiary alicyclic amines) is 1. The summed E-state index contributed by atoms with van der Waals surface area (Å²) < 4.78 is 0. The number of carbonyl (C=O) groups excluding carboxylic acids is 2. The number of halogens is 1. The summed E-state index contributed by atoms with van der Waals surface area (Å²) >= 11 is 3.43. The summed E-state index contributed by atoms with van der Waals surface area (Å²) in [5.41, 5.74) is 0. The van der Waals surface area contributed by atoms with E-state index < -0.39 is 0 Å². The minimum Gasteiger partial charge on any atom is -0.282 e. The SMILES string of the molecule is CC1C(=O)N(CCCCCCCCCBr)C(=O)C1C. The molecule has 1 aliphatic rings. The molecule has 0 radical (unpaired) electrons. The van der Waals surface area contributed by atoms with Crippen molar-refractivity contribution in [1.29, 1.82) is 0 Å². The van der Waals surface area contributed by atoms with Gasteiger partial charge >= 0.3 is 0 Å². The van der Waals surface area contributed by atoms with Crippen LogP contribution in [0.4, 0.5) is 0 Å². The molecule has 0 saturated carbocycles. The van der Waals surface area contributed by atoms with Crippen molar-refractivity contribution in [3.05, 3.63) is 0 Å². The molecule has 4 heteroatoms. The Bertz CT molecular complexity index is 287. The maximum Gasteiger partial charge on any atom is 0.232 e. The van der Waals surface area contributed by atoms with Gasteiger partial charge in [-0.3, -0.25) is 14.5 Å². The third kappa shape index (κ3) is 4.90. The standard InChI is InChI=1S/C15H26BrNO2/c1-12-13(2)15(19)17(14(12)18)11-9-7-5-3-4-6-8-10-16/h12-13H,3-11H2,1-2H3. The summed E-state index contributed by atoms with van der Waals surface area (Å²) in [6.45, 7) is 4.33. The fourth-order valence-corrected chi connectivity index (χ4v) is 2.89. The highest BCUT2D eigenvalue weighted by molar-refractivity contribution is 9.09. The van der Waals surface area contributed by atoms with Gasteiger partial charge in [-0.1, -0.05) is 61.9 Å². The first-order valence-corrected chi connectivity index (χ1v) is 8.63. The molecule has 1 fully saturated rings. The lowest BCUT2D eigenvalue weighted by Crippen LogP contribution is -2.31. The maximum absolute atomic E-state index is 11.9. The Balaban J connectivity index is 2.10. The number of carbonyl (C=O) groups is 2. The predicted molar refractivity (Wildman–Crippen MR) is 81.2 cm³/mol. The first kappa shape index (κ1) is 16.7. The number of alkyl halides is 1. The van der Waals surface area contributed by atoms with Crippen molar-refractivity contribution in [2.45, 2.75) is 58.8 Å². The molecular formula is C15H26BrNO2. The number of unbranched alkanes of at least 4 members (excludes halogenated alkanes) is 6. The van der Waals surface area contributed by atoms with Crippen LogP contribution < -0.4 is 0 Å². The molecule has 1 saturated heterocycles. The van der Waals surface area contributed by atoms with Gasteiger partial charge in [0, 0.05) is 23.7 Å². The van der Waals surface area contributed by atoms with Gasteiger partial charge in [-0.05, 0) is 12.8 Å². The Hall–Kier alpha value is -0.380. The molecule has 2 amide bonds. The Morgan fingerprint density at radius 3 is 1.74 bits per heavy atom. The zero-order valence-corrected chi connectivity index (χ0v) is 13.7. The van der Waals surface area contributed by atoms with E-state index in [-0.39, 0.29) is 23.7 Å². The summed E-state index contributed by atoms with van der Waals surface area (Å²) in [5, 5.41) is 1.10. The molecule has 0 aromatic heterocycles. The third-order valence-corrected chi connectivity index (χ3v) is 4.64. The van der Waals surface area contributed by atoms with Crippen LogP contribution in [0, 0.1) is 11.8 Å². The van der Waals surface area contributed by atoms with Crippen LogP contribution in [0.5, 0.6) is 0 Å². The van der Waals surface area contributed by atoms with Gasteiger partial charge in [0.05, 0.1) is 0 Å². The quantitative estimate of drug-likeness (QED) is 0.366. The Labute approximate surface area is 125 Å². The van der Waals surface area contributed by atoms with E-state index in [1.54, 1.807) is 0 Å². The number of hydrogen-bond donors (Lipinski definition) is 0. The van der Waals surface area contributed by atoms with Gasteiger partial charge in [-0.25, -0.2) is 0 Å². The lowest BCUT2D eigenvalue weighted by molar-refractivity contribution is -0.139. The molecule has 110 valence electrons. The van der Waals surface area contributed by atoms with E-state index in [9.17, 15) is 9.59 Å². The topological polar surface area (TPSA) is 37.4 Å². The normalized spacial score (nSPS) is 23.4. The predicted octanol–water partition coefficient (Wildman–Crippen LogP) is 3.75. The fourth-order valence-electron chi connectivity index (χ4n) is 2.50. The van der Waals surface area contributed by atoms with Gasteiger partial charge in [-0.15, -0.1) is 0 Å². The summed E-state index contributed by atoms with van der Waals surface area (Å²) in [4.78, 5) is 25.2. The molecule has 0 spiro atoms. The molecule has 2 atom stereocenters. The van der Waals surface area contributed by atoms with Gasteiger partial charge in [0.25, 0.3) is 0 Å². The summed E-state index contributed by atoms with van der Waals surface area (Å²) in [6.07, 6.45) is 8.39. The summed E-state index contributed by atoms with van der Waals surface area (Å²) in [5.74, 6) is -0.210. The molecule has 0 aliphatic carbocycles. The first-order chi connectivity index (χ1) is 9.09. The lowest BCUT2D eigenvalue weighted by Gasteiger charge is -2.14. The van der Waals surface area contributed by atoms with Crippen LogP contribution in [-0.4, -0.2) is 28.6 Å². The second-order valence-electron chi connectivity index (χ2n) is 5.57. The van der Waals surface area contributed by atoms with Crippen molar-refractivity contribution in [3.8, 4) is 0 Å².